The summed E-state index contributed by atoms with van der Waals surface area (Å²) in [5, 5.41) is 9.10. The fraction of sp³-hybridized carbons (Fsp3) is 0.667. The molecule has 1 amide bonds. The Bertz CT molecular complexity index is 473. The molecule has 1 N–H and O–H groups in total. The highest BCUT2D eigenvalue weighted by Crippen LogP contribution is 2.22. The van der Waals surface area contributed by atoms with Crippen LogP contribution in [0.25, 0.3) is 0 Å². The lowest BCUT2D eigenvalue weighted by Crippen LogP contribution is -2.42. The molecule has 0 spiro atoms. The van der Waals surface area contributed by atoms with Gasteiger partial charge in [0.2, 0.25) is 5.91 Å². The Morgan fingerprint density at radius 2 is 2.29 bits per heavy atom. The molecule has 6 heteroatoms. The number of amides is 1. The van der Waals surface area contributed by atoms with E-state index in [0.717, 1.165) is 19.3 Å². The van der Waals surface area contributed by atoms with Crippen molar-refractivity contribution in [2.75, 3.05) is 13.1 Å². The summed E-state index contributed by atoms with van der Waals surface area (Å²) in [4.78, 5) is 29.3. The molecule has 1 aromatic rings. The molecular formula is C15H23N3O3. The van der Waals surface area contributed by atoms with E-state index < -0.39 is 11.9 Å². The third-order valence-electron chi connectivity index (χ3n) is 4.10. The van der Waals surface area contributed by atoms with Crippen LogP contribution in [-0.2, 0) is 9.59 Å². The van der Waals surface area contributed by atoms with Gasteiger partial charge in [0.05, 0.1) is 12.2 Å². The molecule has 1 saturated heterocycles. The molecule has 2 heterocycles. The van der Waals surface area contributed by atoms with Gasteiger partial charge in [0.1, 0.15) is 0 Å². The zero-order valence-electron chi connectivity index (χ0n) is 12.4. The number of imidazole rings is 1. The first-order valence-electron chi connectivity index (χ1n) is 7.59. The maximum Gasteiger partial charge on any atom is 0.308 e. The number of aromatic nitrogens is 2. The standard InChI is InChI=1S/C15H23N3O3/c1-2-4-13(18-8-6-16-11-18)9-14(19)17-7-3-5-12(10-17)15(20)21/h6,8,11-13H,2-5,7,9-10H2,1H3,(H,20,21)/t12-,13?/m0/s1. The summed E-state index contributed by atoms with van der Waals surface area (Å²) < 4.78 is 1.97. The zero-order chi connectivity index (χ0) is 15.2. The van der Waals surface area contributed by atoms with E-state index >= 15 is 0 Å². The molecule has 116 valence electrons. The molecule has 0 saturated carbocycles. The highest BCUT2D eigenvalue weighted by atomic mass is 16.4. The molecule has 0 bridgehead atoms. The molecule has 0 aromatic carbocycles. The molecule has 21 heavy (non-hydrogen) atoms. The smallest absolute Gasteiger partial charge is 0.308 e. The first-order chi connectivity index (χ1) is 10.1. The summed E-state index contributed by atoms with van der Waals surface area (Å²) in [6, 6.07) is 0.107. The van der Waals surface area contributed by atoms with Gasteiger partial charge in [-0.3, -0.25) is 9.59 Å². The van der Waals surface area contributed by atoms with Crippen LogP contribution in [0.4, 0.5) is 0 Å². The first-order valence-corrected chi connectivity index (χ1v) is 7.59. The van der Waals surface area contributed by atoms with E-state index in [2.05, 4.69) is 11.9 Å². The summed E-state index contributed by atoms with van der Waals surface area (Å²) >= 11 is 0. The number of aliphatic carboxylic acids is 1. The van der Waals surface area contributed by atoms with E-state index in [1.165, 1.54) is 0 Å². The van der Waals surface area contributed by atoms with Crippen LogP contribution < -0.4 is 0 Å². The van der Waals surface area contributed by atoms with Crippen molar-refractivity contribution in [2.45, 2.75) is 45.1 Å². The quantitative estimate of drug-likeness (QED) is 0.869. The molecular weight excluding hydrogens is 270 g/mol. The number of carboxylic acids is 1. The molecule has 1 unspecified atom stereocenters. The van der Waals surface area contributed by atoms with Gasteiger partial charge in [0, 0.05) is 37.9 Å². The lowest BCUT2D eigenvalue weighted by molar-refractivity contribution is -0.145. The summed E-state index contributed by atoms with van der Waals surface area (Å²) in [6.45, 7) is 3.11. The van der Waals surface area contributed by atoms with E-state index in [1.807, 2.05) is 10.8 Å². The lowest BCUT2D eigenvalue weighted by Gasteiger charge is -2.32. The van der Waals surface area contributed by atoms with E-state index in [4.69, 9.17) is 5.11 Å². The topological polar surface area (TPSA) is 75.4 Å². The van der Waals surface area contributed by atoms with E-state index in [1.54, 1.807) is 17.4 Å². The molecule has 1 fully saturated rings. The van der Waals surface area contributed by atoms with Gasteiger partial charge >= 0.3 is 5.97 Å². The van der Waals surface area contributed by atoms with Crippen LogP contribution in [0.2, 0.25) is 0 Å². The van der Waals surface area contributed by atoms with Gasteiger partial charge in [-0.1, -0.05) is 13.3 Å². The molecule has 0 aliphatic carbocycles. The van der Waals surface area contributed by atoms with Gasteiger partial charge in [-0.15, -0.1) is 0 Å². The third kappa shape index (κ3) is 4.06. The van der Waals surface area contributed by atoms with Gasteiger partial charge in [-0.05, 0) is 19.3 Å². The van der Waals surface area contributed by atoms with Gasteiger partial charge in [-0.25, -0.2) is 4.98 Å². The largest absolute Gasteiger partial charge is 0.481 e. The highest BCUT2D eigenvalue weighted by molar-refractivity contribution is 5.78. The predicted octanol–water partition coefficient (Wildman–Crippen LogP) is 1.94. The first kappa shape index (κ1) is 15.5. The fourth-order valence-electron chi connectivity index (χ4n) is 2.91. The van der Waals surface area contributed by atoms with Crippen molar-refractivity contribution >= 4 is 11.9 Å². The number of piperidine rings is 1. The SMILES string of the molecule is CCCC(CC(=O)N1CCC[C@H](C(=O)O)C1)n1ccnc1. The van der Waals surface area contributed by atoms with Gasteiger partial charge in [0.15, 0.2) is 0 Å². The minimum Gasteiger partial charge on any atom is -0.481 e. The second kappa shape index (κ2) is 7.24. The van der Waals surface area contributed by atoms with Crippen LogP contribution in [0.5, 0.6) is 0 Å². The van der Waals surface area contributed by atoms with Crippen LogP contribution in [0.15, 0.2) is 18.7 Å². The second-order valence-corrected chi connectivity index (χ2v) is 5.67. The number of hydrogen-bond acceptors (Lipinski definition) is 3. The van der Waals surface area contributed by atoms with Crippen molar-refractivity contribution in [3.63, 3.8) is 0 Å². The van der Waals surface area contributed by atoms with Crippen molar-refractivity contribution in [3.05, 3.63) is 18.7 Å². The minimum atomic E-state index is -0.799. The summed E-state index contributed by atoms with van der Waals surface area (Å²) in [6.07, 6.45) is 9.09. The summed E-state index contributed by atoms with van der Waals surface area (Å²) in [5.41, 5.74) is 0. The number of hydrogen-bond donors (Lipinski definition) is 1. The summed E-state index contributed by atoms with van der Waals surface area (Å²) in [7, 11) is 0. The molecule has 0 radical (unpaired) electrons. The number of carboxylic acid groups (broad SMARTS) is 1. The highest BCUT2D eigenvalue weighted by Gasteiger charge is 2.29. The van der Waals surface area contributed by atoms with Crippen molar-refractivity contribution < 1.29 is 14.7 Å². The molecule has 1 aliphatic rings. The average molecular weight is 293 g/mol. The Hall–Kier alpha value is -1.85. The maximum absolute atomic E-state index is 12.4. The fourth-order valence-corrected chi connectivity index (χ4v) is 2.91. The van der Waals surface area contributed by atoms with Crippen molar-refractivity contribution in [1.29, 1.82) is 0 Å². The number of likely N-dealkylation sites (tertiary alicyclic amines) is 1. The minimum absolute atomic E-state index is 0.0492. The number of nitrogens with zero attached hydrogens (tertiary/aromatic N) is 3. The maximum atomic E-state index is 12.4. The normalized spacial score (nSPS) is 20.2. The predicted molar refractivity (Wildman–Crippen MR) is 77.7 cm³/mol. The number of carbonyl (C=O) groups excluding carboxylic acids is 1. The number of rotatable bonds is 6. The monoisotopic (exact) mass is 293 g/mol. The van der Waals surface area contributed by atoms with Gasteiger partial charge in [-0.2, -0.15) is 0 Å². The van der Waals surface area contributed by atoms with Crippen molar-refractivity contribution in [1.82, 2.24) is 14.5 Å². The Kier molecular flexibility index (Phi) is 5.36. The summed E-state index contributed by atoms with van der Waals surface area (Å²) in [5.74, 6) is -1.17. The average Bonchev–Trinajstić information content (AvgIpc) is 3.01. The Balaban J connectivity index is 1.97. The molecule has 1 aliphatic heterocycles. The Morgan fingerprint density at radius 3 is 2.90 bits per heavy atom. The second-order valence-electron chi connectivity index (χ2n) is 5.67. The third-order valence-corrected chi connectivity index (χ3v) is 4.10. The van der Waals surface area contributed by atoms with Crippen molar-refractivity contribution in [2.24, 2.45) is 5.92 Å². The van der Waals surface area contributed by atoms with E-state index in [-0.39, 0.29) is 11.9 Å². The Morgan fingerprint density at radius 1 is 1.48 bits per heavy atom. The van der Waals surface area contributed by atoms with Gasteiger partial charge < -0.3 is 14.6 Å². The van der Waals surface area contributed by atoms with E-state index in [0.29, 0.717) is 25.9 Å². The van der Waals surface area contributed by atoms with Crippen molar-refractivity contribution in [3.8, 4) is 0 Å². The van der Waals surface area contributed by atoms with E-state index in [9.17, 15) is 9.59 Å². The van der Waals surface area contributed by atoms with Crippen LogP contribution in [0.3, 0.4) is 0 Å². The lowest BCUT2D eigenvalue weighted by atomic mass is 9.97. The molecule has 1 aromatic heterocycles. The van der Waals surface area contributed by atoms with Gasteiger partial charge in [0.25, 0.3) is 0 Å². The van der Waals surface area contributed by atoms with Crippen LogP contribution in [0.1, 0.15) is 45.1 Å². The zero-order valence-corrected chi connectivity index (χ0v) is 12.4. The molecule has 2 rings (SSSR count). The van der Waals surface area contributed by atoms with Crippen LogP contribution in [0, 0.1) is 5.92 Å². The Labute approximate surface area is 124 Å². The van der Waals surface area contributed by atoms with Crippen LogP contribution >= 0.6 is 0 Å². The number of carbonyl (C=O) groups is 2. The van der Waals surface area contributed by atoms with Crippen LogP contribution in [-0.4, -0.2) is 44.5 Å². The molecule has 6 nitrogen and oxygen atoms in total. The molecule has 2 atom stereocenters.